The average molecular weight is 241 g/mol. The number of nitrogens with one attached hydrogen (secondary N) is 1. The van der Waals surface area contributed by atoms with Crippen molar-refractivity contribution in [3.05, 3.63) is 35.4 Å². The molecule has 1 saturated heterocycles. The summed E-state index contributed by atoms with van der Waals surface area (Å²) in [7, 11) is 0. The molecule has 0 aromatic heterocycles. The summed E-state index contributed by atoms with van der Waals surface area (Å²) >= 11 is 0. The number of hydrogen-bond acceptors (Lipinski definition) is 2. The van der Waals surface area contributed by atoms with E-state index in [1.54, 1.807) is 0 Å². The van der Waals surface area contributed by atoms with Gasteiger partial charge in [-0.3, -0.25) is 0 Å². The van der Waals surface area contributed by atoms with Crippen LogP contribution in [-0.4, -0.2) is 23.8 Å². The van der Waals surface area contributed by atoms with Crippen LogP contribution in [0.1, 0.15) is 24.8 Å². The molecule has 1 aromatic rings. The zero-order valence-electron chi connectivity index (χ0n) is 9.63. The van der Waals surface area contributed by atoms with Crippen LogP contribution < -0.4 is 5.32 Å². The Balaban J connectivity index is 1.99. The Hall–Kier alpha value is -1.00. The van der Waals surface area contributed by atoms with Crippen LogP contribution >= 0.6 is 0 Å². The van der Waals surface area contributed by atoms with Gasteiger partial charge in [0.05, 0.1) is 6.10 Å². The molecule has 0 radical (unpaired) electrons. The Morgan fingerprint density at radius 3 is 2.53 bits per heavy atom. The highest BCUT2D eigenvalue weighted by Crippen LogP contribution is 2.16. The van der Waals surface area contributed by atoms with Crippen LogP contribution in [0.25, 0.3) is 0 Å². The summed E-state index contributed by atoms with van der Waals surface area (Å²) in [6.45, 7) is 0.902. The maximum Gasteiger partial charge on any atom is 0.126 e. The monoisotopic (exact) mass is 241 g/mol. The van der Waals surface area contributed by atoms with Crippen molar-refractivity contribution in [1.82, 2.24) is 5.32 Å². The van der Waals surface area contributed by atoms with Gasteiger partial charge in [-0.2, -0.15) is 0 Å². The minimum absolute atomic E-state index is 0.0371. The lowest BCUT2D eigenvalue weighted by Gasteiger charge is -2.28. The number of aliphatic hydroxyl groups excluding tert-OH is 1. The summed E-state index contributed by atoms with van der Waals surface area (Å²) in [5, 5.41) is 13.2. The van der Waals surface area contributed by atoms with Crippen LogP contribution in [0, 0.1) is 11.6 Å². The van der Waals surface area contributed by atoms with Crippen LogP contribution in [-0.2, 0) is 6.42 Å². The molecule has 2 rings (SSSR count). The minimum Gasteiger partial charge on any atom is -0.391 e. The van der Waals surface area contributed by atoms with E-state index < -0.39 is 17.7 Å². The van der Waals surface area contributed by atoms with E-state index in [4.69, 9.17) is 0 Å². The van der Waals surface area contributed by atoms with Crippen LogP contribution in [0.3, 0.4) is 0 Å². The van der Waals surface area contributed by atoms with Gasteiger partial charge in [-0.25, -0.2) is 8.78 Å². The minimum atomic E-state index is -0.594. The zero-order chi connectivity index (χ0) is 12.3. The molecule has 0 amide bonds. The van der Waals surface area contributed by atoms with Gasteiger partial charge in [0, 0.05) is 18.5 Å². The van der Waals surface area contributed by atoms with Gasteiger partial charge in [0.25, 0.3) is 0 Å². The maximum absolute atomic E-state index is 13.0. The molecular weight excluding hydrogens is 224 g/mol. The fourth-order valence-electron chi connectivity index (χ4n) is 2.32. The van der Waals surface area contributed by atoms with Crippen LogP contribution in [0.2, 0.25) is 0 Å². The molecule has 1 heterocycles. The molecule has 1 aliphatic rings. The second-order valence-corrected chi connectivity index (χ2v) is 4.61. The van der Waals surface area contributed by atoms with Crippen molar-refractivity contribution in [2.45, 2.75) is 37.8 Å². The lowest BCUT2D eigenvalue weighted by Crippen LogP contribution is -2.44. The fraction of sp³-hybridized carbons (Fsp3) is 0.538. The zero-order valence-corrected chi connectivity index (χ0v) is 9.63. The van der Waals surface area contributed by atoms with Gasteiger partial charge in [0.1, 0.15) is 11.6 Å². The Kier molecular flexibility index (Phi) is 4.07. The summed E-state index contributed by atoms with van der Waals surface area (Å²) < 4.78 is 26.0. The van der Waals surface area contributed by atoms with Crippen LogP contribution in [0.4, 0.5) is 8.78 Å². The smallest absolute Gasteiger partial charge is 0.126 e. The summed E-state index contributed by atoms with van der Waals surface area (Å²) in [5.41, 5.74) is 0.502. The molecule has 4 heteroatoms. The van der Waals surface area contributed by atoms with E-state index in [2.05, 4.69) is 5.32 Å². The molecule has 0 spiro atoms. The first-order valence-corrected chi connectivity index (χ1v) is 6.01. The largest absolute Gasteiger partial charge is 0.391 e. The molecular formula is C13H17F2NO. The highest BCUT2D eigenvalue weighted by atomic mass is 19.1. The van der Waals surface area contributed by atoms with E-state index in [9.17, 15) is 13.9 Å². The Labute approximate surface area is 99.7 Å². The predicted molar refractivity (Wildman–Crippen MR) is 61.7 cm³/mol. The maximum atomic E-state index is 13.0. The van der Waals surface area contributed by atoms with Gasteiger partial charge in [0.2, 0.25) is 0 Å². The Morgan fingerprint density at radius 2 is 1.94 bits per heavy atom. The first kappa shape index (κ1) is 12.5. The van der Waals surface area contributed by atoms with E-state index in [0.717, 1.165) is 31.9 Å². The molecule has 17 heavy (non-hydrogen) atoms. The normalized spacial score (nSPS) is 22.4. The van der Waals surface area contributed by atoms with E-state index in [-0.39, 0.29) is 12.5 Å². The molecule has 94 valence electrons. The van der Waals surface area contributed by atoms with Gasteiger partial charge < -0.3 is 10.4 Å². The van der Waals surface area contributed by atoms with Crippen molar-refractivity contribution in [3.8, 4) is 0 Å². The second kappa shape index (κ2) is 5.56. The molecule has 2 N–H and O–H groups in total. The van der Waals surface area contributed by atoms with Gasteiger partial charge in [-0.05, 0) is 37.1 Å². The molecule has 1 aromatic carbocycles. The summed E-state index contributed by atoms with van der Waals surface area (Å²) in [6.07, 6.45) is 2.83. The highest BCUT2D eigenvalue weighted by Gasteiger charge is 2.21. The second-order valence-electron chi connectivity index (χ2n) is 4.61. The topological polar surface area (TPSA) is 32.3 Å². The van der Waals surface area contributed by atoms with Crippen molar-refractivity contribution in [2.75, 3.05) is 6.54 Å². The van der Waals surface area contributed by atoms with Crippen LogP contribution in [0.5, 0.6) is 0 Å². The molecule has 2 unspecified atom stereocenters. The molecule has 0 saturated carbocycles. The molecule has 2 nitrogen and oxygen atoms in total. The van der Waals surface area contributed by atoms with E-state index in [0.29, 0.717) is 5.56 Å². The molecule has 1 aliphatic heterocycles. The van der Waals surface area contributed by atoms with E-state index in [1.165, 1.54) is 12.1 Å². The van der Waals surface area contributed by atoms with Gasteiger partial charge in [-0.15, -0.1) is 0 Å². The van der Waals surface area contributed by atoms with E-state index in [1.807, 2.05) is 0 Å². The van der Waals surface area contributed by atoms with Crippen molar-refractivity contribution in [3.63, 3.8) is 0 Å². The standard InChI is InChI=1S/C13H17F2NO/c14-10-5-9(6-11(15)8-10)7-13(17)12-3-1-2-4-16-12/h5-6,8,12-13,16-17H,1-4,7H2. The van der Waals surface area contributed by atoms with E-state index >= 15 is 0 Å². The number of benzene rings is 1. The molecule has 0 aliphatic carbocycles. The third-order valence-corrected chi connectivity index (χ3v) is 3.18. The van der Waals surface area contributed by atoms with Crippen molar-refractivity contribution in [1.29, 1.82) is 0 Å². The quantitative estimate of drug-likeness (QED) is 0.848. The Morgan fingerprint density at radius 1 is 1.24 bits per heavy atom. The first-order valence-electron chi connectivity index (χ1n) is 6.01. The summed E-state index contributed by atoms with van der Waals surface area (Å²) in [4.78, 5) is 0. The SMILES string of the molecule is OC(Cc1cc(F)cc(F)c1)C1CCCCN1. The van der Waals surface area contributed by atoms with Gasteiger partial charge in [-0.1, -0.05) is 6.42 Å². The molecule has 1 fully saturated rings. The van der Waals surface area contributed by atoms with Gasteiger partial charge >= 0.3 is 0 Å². The lowest BCUT2D eigenvalue weighted by atomic mass is 9.95. The number of hydrogen-bond donors (Lipinski definition) is 2. The van der Waals surface area contributed by atoms with Crippen molar-refractivity contribution in [2.24, 2.45) is 0 Å². The fourth-order valence-corrected chi connectivity index (χ4v) is 2.32. The average Bonchev–Trinajstić information content (AvgIpc) is 2.28. The first-order chi connectivity index (χ1) is 8.15. The number of aliphatic hydroxyl groups is 1. The van der Waals surface area contributed by atoms with Crippen LogP contribution in [0.15, 0.2) is 18.2 Å². The van der Waals surface area contributed by atoms with Crippen molar-refractivity contribution >= 4 is 0 Å². The van der Waals surface area contributed by atoms with Crippen molar-refractivity contribution < 1.29 is 13.9 Å². The Bertz CT molecular complexity index is 357. The summed E-state index contributed by atoms with van der Waals surface area (Å²) in [5.74, 6) is -1.19. The van der Waals surface area contributed by atoms with Gasteiger partial charge in [0.15, 0.2) is 0 Å². The number of rotatable bonds is 3. The third kappa shape index (κ3) is 3.48. The summed E-state index contributed by atoms with van der Waals surface area (Å²) in [6, 6.07) is 3.42. The third-order valence-electron chi connectivity index (χ3n) is 3.18. The number of halogens is 2. The highest BCUT2D eigenvalue weighted by molar-refractivity contribution is 5.19. The lowest BCUT2D eigenvalue weighted by molar-refractivity contribution is 0.113. The molecule has 2 atom stereocenters. The number of piperidine rings is 1. The predicted octanol–water partition coefficient (Wildman–Crippen LogP) is 2.01. The molecule has 0 bridgehead atoms.